The van der Waals surface area contributed by atoms with Gasteiger partial charge in [0.2, 0.25) is 23.6 Å². The molecule has 3 rings (SSSR count). The van der Waals surface area contributed by atoms with Gasteiger partial charge in [-0.2, -0.15) is 0 Å². The van der Waals surface area contributed by atoms with Gasteiger partial charge in [-0.1, -0.05) is 57.0 Å². The van der Waals surface area contributed by atoms with Crippen LogP contribution < -0.4 is 32.3 Å². The van der Waals surface area contributed by atoms with Crippen LogP contribution >= 0.6 is 11.6 Å². The third-order valence-electron chi connectivity index (χ3n) is 8.82. The van der Waals surface area contributed by atoms with Gasteiger partial charge in [-0.15, -0.1) is 0 Å². The molecule has 0 aromatic heterocycles. The second-order valence-corrected chi connectivity index (χ2v) is 13.3. The van der Waals surface area contributed by atoms with Gasteiger partial charge in [0.15, 0.2) is 5.78 Å². The van der Waals surface area contributed by atoms with E-state index in [0.29, 0.717) is 74.4 Å². The molecule has 4 amide bonds. The average molecular weight is 645 g/mol. The summed E-state index contributed by atoms with van der Waals surface area (Å²) < 4.78 is 0. The second-order valence-electron chi connectivity index (χ2n) is 12.9. The fourth-order valence-electron chi connectivity index (χ4n) is 5.93. The minimum atomic E-state index is -1.24. The van der Waals surface area contributed by atoms with E-state index >= 15 is 0 Å². The van der Waals surface area contributed by atoms with Gasteiger partial charge in [0.1, 0.15) is 11.6 Å². The summed E-state index contributed by atoms with van der Waals surface area (Å²) in [5.74, 6) is -2.55. The van der Waals surface area contributed by atoms with Gasteiger partial charge in [-0.25, -0.2) is 0 Å². The van der Waals surface area contributed by atoms with Crippen LogP contribution in [0.25, 0.3) is 0 Å². The Morgan fingerprint density at radius 2 is 1.69 bits per heavy atom. The Kier molecular flexibility index (Phi) is 12.8. The van der Waals surface area contributed by atoms with Gasteiger partial charge in [-0.05, 0) is 69.6 Å². The number of hydrogen-bond acceptors (Lipinski definition) is 7. The van der Waals surface area contributed by atoms with Crippen LogP contribution in [-0.2, 0) is 24.0 Å². The summed E-state index contributed by atoms with van der Waals surface area (Å²) in [4.78, 5) is 68.2. The molecular weight excluding hydrogens is 596 g/mol. The third-order valence-corrected chi connectivity index (χ3v) is 9.07. The first-order chi connectivity index (χ1) is 21.3. The Hall–Kier alpha value is -3.60. The molecule has 0 radical (unpaired) electrons. The lowest BCUT2D eigenvalue weighted by molar-refractivity contribution is -0.139. The van der Waals surface area contributed by atoms with Gasteiger partial charge < -0.3 is 32.3 Å². The van der Waals surface area contributed by atoms with Gasteiger partial charge in [-0.3, -0.25) is 24.0 Å². The van der Waals surface area contributed by atoms with Crippen molar-refractivity contribution in [3.63, 3.8) is 0 Å². The van der Waals surface area contributed by atoms with Crippen molar-refractivity contribution in [1.29, 1.82) is 0 Å². The first-order valence-corrected chi connectivity index (χ1v) is 16.3. The highest BCUT2D eigenvalue weighted by molar-refractivity contribution is 6.30. The summed E-state index contributed by atoms with van der Waals surface area (Å²) in [7, 11) is 0. The van der Waals surface area contributed by atoms with Crippen LogP contribution in [0.3, 0.4) is 0 Å². The predicted molar refractivity (Wildman–Crippen MR) is 174 cm³/mol. The molecule has 1 heterocycles. The fourth-order valence-corrected chi connectivity index (χ4v) is 6.05. The monoisotopic (exact) mass is 644 g/mol. The molecule has 0 bridgehead atoms. The van der Waals surface area contributed by atoms with E-state index in [0.717, 1.165) is 12.8 Å². The Bertz CT molecular complexity index is 1250. The first kappa shape index (κ1) is 35.9. The molecule has 1 aromatic rings. The number of nitrogens with one attached hydrogen (secondary N) is 5. The highest BCUT2D eigenvalue weighted by Gasteiger charge is 2.46. The molecule has 45 heavy (non-hydrogen) atoms. The van der Waals surface area contributed by atoms with Gasteiger partial charge in [0, 0.05) is 36.4 Å². The van der Waals surface area contributed by atoms with Crippen molar-refractivity contribution in [1.82, 2.24) is 26.6 Å². The third kappa shape index (κ3) is 9.94. The number of Topliss-reactive ketones (excluding diaryl/α,β-unsaturated/α-hetero) is 1. The zero-order valence-electron chi connectivity index (χ0n) is 26.7. The first-order valence-electron chi connectivity index (χ1n) is 16.0. The van der Waals surface area contributed by atoms with Crippen molar-refractivity contribution >= 4 is 41.0 Å². The molecule has 0 unspecified atom stereocenters. The number of benzene rings is 1. The molecule has 248 valence electrons. The topological polar surface area (TPSA) is 172 Å². The smallest absolute Gasteiger partial charge is 0.247 e. The van der Waals surface area contributed by atoms with Crippen molar-refractivity contribution in [3.05, 3.63) is 47.3 Å². The molecule has 1 spiro atoms. The molecule has 2 fully saturated rings. The number of ketones is 1. The lowest BCUT2D eigenvalue weighted by atomic mass is 9.82. The Labute approximate surface area is 271 Å². The zero-order chi connectivity index (χ0) is 33.2. The minimum Gasteiger partial charge on any atom is -0.386 e. The maximum absolute atomic E-state index is 14.0. The van der Waals surface area contributed by atoms with Crippen LogP contribution in [0.1, 0.15) is 96.6 Å². The molecule has 1 aromatic carbocycles. The summed E-state index contributed by atoms with van der Waals surface area (Å²) in [6.07, 6.45) is 4.41. The number of rotatable bonds is 8. The number of halogens is 1. The Morgan fingerprint density at radius 1 is 1.04 bits per heavy atom. The molecule has 11 nitrogen and oxygen atoms in total. The number of hydrogen-bond donors (Lipinski definition) is 6. The number of carbonyl (C=O) groups is 5. The summed E-state index contributed by atoms with van der Waals surface area (Å²) >= 11 is 6.09. The highest BCUT2D eigenvalue weighted by atomic mass is 35.5. The largest absolute Gasteiger partial charge is 0.386 e. The summed E-state index contributed by atoms with van der Waals surface area (Å²) in [5, 5.41) is 15.2. The van der Waals surface area contributed by atoms with E-state index in [4.69, 9.17) is 17.3 Å². The van der Waals surface area contributed by atoms with Crippen molar-refractivity contribution < 1.29 is 24.0 Å². The standard InChI is InChI=1S/C33H49ClN6O5/c1-21(2)28(42)39-32(4)15-7-8-18-37-30(44)27(23-11-13-25(34)14-12-23)38-31(45)33(16-5-6-17-33)40-29(43)24(20-26(32)41)10-9-19-36-22(3)35/h11-14,21,24,27,36H,3,5-10,15-20,35H2,1-2,4H3,(H,37,44)(H,38,45)(H,39,42)(H,40,43)/t24-,27-,32-/m1/s1. The van der Waals surface area contributed by atoms with Crippen LogP contribution in [0.2, 0.25) is 5.02 Å². The van der Waals surface area contributed by atoms with Crippen LogP contribution in [0, 0.1) is 11.8 Å². The van der Waals surface area contributed by atoms with Gasteiger partial charge in [0.25, 0.3) is 0 Å². The molecule has 1 aliphatic heterocycles. The maximum Gasteiger partial charge on any atom is 0.247 e. The number of carbonyl (C=O) groups excluding carboxylic acids is 5. The molecule has 12 heteroatoms. The highest BCUT2D eigenvalue weighted by Crippen LogP contribution is 2.32. The van der Waals surface area contributed by atoms with Crippen LogP contribution in [0.15, 0.2) is 36.7 Å². The van der Waals surface area contributed by atoms with Crippen molar-refractivity contribution in [2.24, 2.45) is 17.6 Å². The maximum atomic E-state index is 14.0. The lowest BCUT2D eigenvalue weighted by Crippen LogP contribution is -2.60. The van der Waals surface area contributed by atoms with Gasteiger partial charge >= 0.3 is 0 Å². The van der Waals surface area contributed by atoms with E-state index in [9.17, 15) is 24.0 Å². The average Bonchev–Trinajstić information content (AvgIpc) is 3.46. The molecule has 7 N–H and O–H groups in total. The quantitative estimate of drug-likeness (QED) is 0.236. The zero-order valence-corrected chi connectivity index (χ0v) is 27.5. The molecule has 2 aliphatic rings. The summed E-state index contributed by atoms with van der Waals surface area (Å²) in [6, 6.07) is 5.70. The van der Waals surface area contributed by atoms with E-state index in [2.05, 4.69) is 33.2 Å². The van der Waals surface area contributed by atoms with Crippen LogP contribution in [-0.4, -0.2) is 53.6 Å². The molecular formula is C33H49ClN6O5. The van der Waals surface area contributed by atoms with Gasteiger partial charge in [0.05, 0.1) is 11.4 Å². The van der Waals surface area contributed by atoms with E-state index in [1.807, 2.05) is 0 Å². The lowest BCUT2D eigenvalue weighted by Gasteiger charge is -2.35. The van der Waals surface area contributed by atoms with Crippen LogP contribution in [0.5, 0.6) is 0 Å². The SMILES string of the molecule is C=C(N)NCCC[C@@H]1CC(=O)[C@](C)(NC(=O)C(C)C)CCCCNC(=O)[C@@H](c2ccc(Cl)cc2)NC(=O)C2(CCCC2)NC1=O. The predicted octanol–water partition coefficient (Wildman–Crippen LogP) is 3.13. The fraction of sp³-hybridized carbons (Fsp3) is 0.606. The summed E-state index contributed by atoms with van der Waals surface area (Å²) in [6.45, 7) is 9.62. The molecule has 1 saturated heterocycles. The van der Waals surface area contributed by atoms with Crippen LogP contribution in [0.4, 0.5) is 0 Å². The van der Waals surface area contributed by atoms with E-state index in [-0.39, 0.29) is 24.0 Å². The van der Waals surface area contributed by atoms with E-state index in [1.165, 1.54) is 0 Å². The normalized spacial score (nSPS) is 24.9. The molecule has 1 aliphatic carbocycles. The second kappa shape index (κ2) is 16.1. The van der Waals surface area contributed by atoms with Crippen molar-refractivity contribution in [3.8, 4) is 0 Å². The minimum absolute atomic E-state index is 0.105. The molecule has 1 saturated carbocycles. The Balaban J connectivity index is 1.98. The summed E-state index contributed by atoms with van der Waals surface area (Å²) in [5.41, 5.74) is 3.76. The molecule has 3 atom stereocenters. The van der Waals surface area contributed by atoms with E-state index < -0.39 is 40.8 Å². The Morgan fingerprint density at radius 3 is 2.31 bits per heavy atom. The number of nitrogens with two attached hydrogens (primary N) is 1. The van der Waals surface area contributed by atoms with E-state index in [1.54, 1.807) is 45.0 Å². The van der Waals surface area contributed by atoms with Crippen molar-refractivity contribution in [2.75, 3.05) is 13.1 Å². The van der Waals surface area contributed by atoms with Crippen molar-refractivity contribution in [2.45, 2.75) is 102 Å². The number of amides is 4.